The number of nitrogens with one attached hydrogen (secondary N) is 1. The van der Waals surface area contributed by atoms with E-state index in [1.807, 2.05) is 12.1 Å². The van der Waals surface area contributed by atoms with E-state index in [1.54, 1.807) is 0 Å². The Labute approximate surface area is 109 Å². The summed E-state index contributed by atoms with van der Waals surface area (Å²) in [5.41, 5.74) is 1.34. The molecule has 1 aromatic carbocycles. The van der Waals surface area contributed by atoms with Crippen LogP contribution in [0.2, 0.25) is 5.02 Å². The number of benzene rings is 1. The van der Waals surface area contributed by atoms with Crippen LogP contribution in [0.25, 0.3) is 0 Å². The molecular weight excluding hydrogens is 230 g/mol. The first-order chi connectivity index (χ1) is 8.33. The molecule has 3 rings (SSSR count). The third-order valence-corrected chi connectivity index (χ3v) is 4.51. The molecule has 0 bridgehead atoms. The normalized spacial score (nSPS) is 27.8. The van der Waals surface area contributed by atoms with E-state index < -0.39 is 0 Å². The van der Waals surface area contributed by atoms with Gasteiger partial charge in [0.25, 0.3) is 0 Å². The van der Waals surface area contributed by atoms with Gasteiger partial charge in [-0.3, -0.25) is 0 Å². The Morgan fingerprint density at radius 1 is 1.18 bits per heavy atom. The Bertz CT molecular complexity index is 380. The zero-order valence-corrected chi connectivity index (χ0v) is 10.9. The third-order valence-electron chi connectivity index (χ3n) is 4.17. The van der Waals surface area contributed by atoms with Gasteiger partial charge in [0.2, 0.25) is 0 Å². The molecule has 92 valence electrons. The summed E-state index contributed by atoms with van der Waals surface area (Å²) in [5.74, 6) is 1.73. The van der Waals surface area contributed by atoms with Crippen LogP contribution in [0, 0.1) is 5.92 Å². The van der Waals surface area contributed by atoms with Gasteiger partial charge < -0.3 is 5.32 Å². The van der Waals surface area contributed by atoms with Gasteiger partial charge in [0.1, 0.15) is 0 Å². The molecule has 0 aliphatic heterocycles. The van der Waals surface area contributed by atoms with Crippen molar-refractivity contribution in [2.24, 2.45) is 5.92 Å². The highest BCUT2D eigenvalue weighted by molar-refractivity contribution is 6.31. The molecule has 2 heteroatoms. The van der Waals surface area contributed by atoms with Crippen molar-refractivity contribution in [1.82, 2.24) is 5.32 Å². The molecule has 2 aliphatic rings. The molecule has 0 spiro atoms. The lowest BCUT2D eigenvalue weighted by Gasteiger charge is -2.37. The lowest BCUT2D eigenvalue weighted by Crippen LogP contribution is -2.40. The fourth-order valence-corrected chi connectivity index (χ4v) is 3.03. The summed E-state index contributed by atoms with van der Waals surface area (Å²) in [4.78, 5) is 0. The smallest absolute Gasteiger partial charge is 0.0440 e. The molecule has 0 unspecified atom stereocenters. The van der Waals surface area contributed by atoms with E-state index in [0.29, 0.717) is 5.92 Å². The van der Waals surface area contributed by atoms with Gasteiger partial charge in [-0.25, -0.2) is 0 Å². The van der Waals surface area contributed by atoms with Crippen LogP contribution in [-0.2, 0) is 0 Å². The molecule has 2 fully saturated rings. The third kappa shape index (κ3) is 2.83. The van der Waals surface area contributed by atoms with Crippen molar-refractivity contribution in [3.63, 3.8) is 0 Å². The van der Waals surface area contributed by atoms with Crippen molar-refractivity contribution in [1.29, 1.82) is 0 Å². The van der Waals surface area contributed by atoms with Gasteiger partial charge >= 0.3 is 0 Å². The Morgan fingerprint density at radius 2 is 1.94 bits per heavy atom. The fraction of sp³-hybridized carbons (Fsp3) is 0.600. The molecule has 0 heterocycles. The SMILES string of the molecule is Clc1ccccc1C1CC(NCCC2CC2)C1. The summed E-state index contributed by atoms with van der Waals surface area (Å²) in [5, 5.41) is 4.61. The minimum Gasteiger partial charge on any atom is -0.314 e. The lowest BCUT2D eigenvalue weighted by molar-refractivity contribution is 0.289. The molecule has 0 aromatic heterocycles. The first-order valence-electron chi connectivity index (χ1n) is 6.80. The Kier molecular flexibility index (Phi) is 3.39. The maximum absolute atomic E-state index is 6.21. The molecule has 17 heavy (non-hydrogen) atoms. The van der Waals surface area contributed by atoms with Gasteiger partial charge in [-0.05, 0) is 49.3 Å². The number of hydrogen-bond donors (Lipinski definition) is 1. The van der Waals surface area contributed by atoms with E-state index >= 15 is 0 Å². The molecule has 0 saturated heterocycles. The van der Waals surface area contributed by atoms with Crippen molar-refractivity contribution in [2.75, 3.05) is 6.54 Å². The highest BCUT2D eigenvalue weighted by Crippen LogP contribution is 2.40. The molecule has 0 radical (unpaired) electrons. The van der Waals surface area contributed by atoms with E-state index in [0.717, 1.165) is 17.0 Å². The minimum absolute atomic E-state index is 0.683. The molecule has 2 aliphatic carbocycles. The highest BCUT2D eigenvalue weighted by Gasteiger charge is 2.31. The topological polar surface area (TPSA) is 12.0 Å². The van der Waals surface area contributed by atoms with Crippen molar-refractivity contribution >= 4 is 11.6 Å². The lowest BCUT2D eigenvalue weighted by atomic mass is 9.76. The predicted molar refractivity (Wildman–Crippen MR) is 72.6 cm³/mol. The van der Waals surface area contributed by atoms with Gasteiger partial charge in [-0.1, -0.05) is 42.6 Å². The van der Waals surface area contributed by atoms with Crippen LogP contribution in [0.5, 0.6) is 0 Å². The maximum atomic E-state index is 6.21. The summed E-state index contributed by atoms with van der Waals surface area (Å²) in [6.07, 6.45) is 6.83. The van der Waals surface area contributed by atoms with Gasteiger partial charge in [-0.2, -0.15) is 0 Å². The van der Waals surface area contributed by atoms with Gasteiger partial charge in [-0.15, -0.1) is 0 Å². The zero-order valence-electron chi connectivity index (χ0n) is 10.2. The summed E-state index contributed by atoms with van der Waals surface area (Å²) in [6, 6.07) is 9.01. The van der Waals surface area contributed by atoms with Crippen LogP contribution >= 0.6 is 11.6 Å². The number of hydrogen-bond acceptors (Lipinski definition) is 1. The van der Waals surface area contributed by atoms with Gasteiger partial charge in [0.15, 0.2) is 0 Å². The van der Waals surface area contributed by atoms with E-state index in [1.165, 1.54) is 44.2 Å². The summed E-state index contributed by atoms with van der Waals surface area (Å²) in [7, 11) is 0. The average molecular weight is 250 g/mol. The Balaban J connectivity index is 1.42. The van der Waals surface area contributed by atoms with E-state index in [9.17, 15) is 0 Å². The summed E-state index contributed by atoms with van der Waals surface area (Å²) < 4.78 is 0. The summed E-state index contributed by atoms with van der Waals surface area (Å²) >= 11 is 6.21. The van der Waals surface area contributed by atoms with Crippen LogP contribution < -0.4 is 5.32 Å². The second kappa shape index (κ2) is 4.99. The average Bonchev–Trinajstić information content (AvgIpc) is 3.07. The first kappa shape index (κ1) is 11.6. The van der Waals surface area contributed by atoms with Crippen LogP contribution in [0.1, 0.15) is 43.6 Å². The summed E-state index contributed by atoms with van der Waals surface area (Å²) in [6.45, 7) is 1.21. The van der Waals surface area contributed by atoms with Gasteiger partial charge in [0.05, 0.1) is 0 Å². The second-order valence-corrected chi connectivity index (χ2v) is 5.98. The zero-order chi connectivity index (χ0) is 11.7. The molecule has 0 atom stereocenters. The predicted octanol–water partition coefficient (Wildman–Crippen LogP) is 3.98. The van der Waals surface area contributed by atoms with Crippen molar-refractivity contribution in [2.45, 2.75) is 44.1 Å². The Morgan fingerprint density at radius 3 is 2.65 bits per heavy atom. The van der Waals surface area contributed by atoms with Crippen LogP contribution in [0.3, 0.4) is 0 Å². The fourth-order valence-electron chi connectivity index (χ4n) is 2.74. The molecule has 2 saturated carbocycles. The second-order valence-electron chi connectivity index (χ2n) is 5.57. The largest absolute Gasteiger partial charge is 0.314 e. The number of rotatable bonds is 5. The molecule has 1 N–H and O–H groups in total. The Hall–Kier alpha value is -0.530. The van der Waals surface area contributed by atoms with E-state index in [-0.39, 0.29) is 0 Å². The molecule has 1 nitrogen and oxygen atoms in total. The quantitative estimate of drug-likeness (QED) is 0.833. The highest BCUT2D eigenvalue weighted by atomic mass is 35.5. The monoisotopic (exact) mass is 249 g/mol. The van der Waals surface area contributed by atoms with E-state index in [4.69, 9.17) is 11.6 Å². The van der Waals surface area contributed by atoms with Crippen molar-refractivity contribution in [3.8, 4) is 0 Å². The molecular formula is C15H20ClN. The van der Waals surface area contributed by atoms with Gasteiger partial charge in [0, 0.05) is 11.1 Å². The maximum Gasteiger partial charge on any atom is 0.0440 e. The van der Waals surface area contributed by atoms with Crippen molar-refractivity contribution in [3.05, 3.63) is 34.9 Å². The van der Waals surface area contributed by atoms with Crippen molar-refractivity contribution < 1.29 is 0 Å². The molecule has 1 aromatic rings. The van der Waals surface area contributed by atoms with E-state index in [2.05, 4.69) is 17.4 Å². The number of halogens is 1. The van der Waals surface area contributed by atoms with Crippen LogP contribution in [0.4, 0.5) is 0 Å². The molecule has 0 amide bonds. The minimum atomic E-state index is 0.683. The van der Waals surface area contributed by atoms with Crippen LogP contribution in [-0.4, -0.2) is 12.6 Å². The standard InChI is InChI=1S/C15H20ClN/c16-15-4-2-1-3-14(15)12-9-13(10-12)17-8-7-11-5-6-11/h1-4,11-13,17H,5-10H2. The van der Waals surface area contributed by atoms with Crippen LogP contribution in [0.15, 0.2) is 24.3 Å². The first-order valence-corrected chi connectivity index (χ1v) is 7.18.